The van der Waals surface area contributed by atoms with Crippen LogP contribution < -0.4 is 5.32 Å². The van der Waals surface area contributed by atoms with Crippen LogP contribution in [0.25, 0.3) is 0 Å². The van der Waals surface area contributed by atoms with Crippen molar-refractivity contribution in [1.82, 2.24) is 14.9 Å². The van der Waals surface area contributed by atoms with Gasteiger partial charge in [-0.25, -0.2) is 4.98 Å². The molecule has 2 unspecified atom stereocenters. The van der Waals surface area contributed by atoms with Crippen LogP contribution in [0, 0.1) is 0 Å². The Morgan fingerprint density at radius 3 is 2.71 bits per heavy atom. The largest absolute Gasteiger partial charge is 0.330 e. The molecule has 2 aromatic rings. The van der Waals surface area contributed by atoms with Gasteiger partial charge in [-0.05, 0) is 44.7 Å². The Morgan fingerprint density at radius 2 is 1.95 bits per heavy atom. The average molecular weight is 283 g/mol. The van der Waals surface area contributed by atoms with Crippen molar-refractivity contribution in [2.24, 2.45) is 0 Å². The SMILES string of the molecule is CCNC(c1ccccc1)C(C)n1cnc2c1CCCC2. The molecule has 0 amide bonds. The lowest BCUT2D eigenvalue weighted by Crippen LogP contribution is -2.29. The summed E-state index contributed by atoms with van der Waals surface area (Å²) in [5.41, 5.74) is 4.12. The van der Waals surface area contributed by atoms with E-state index in [1.807, 2.05) is 6.33 Å². The summed E-state index contributed by atoms with van der Waals surface area (Å²) in [6.07, 6.45) is 6.95. The van der Waals surface area contributed by atoms with Gasteiger partial charge in [0, 0.05) is 5.69 Å². The van der Waals surface area contributed by atoms with Gasteiger partial charge in [0.05, 0.1) is 24.1 Å². The Balaban J connectivity index is 1.91. The zero-order valence-electron chi connectivity index (χ0n) is 13.0. The third kappa shape index (κ3) is 2.88. The summed E-state index contributed by atoms with van der Waals surface area (Å²) >= 11 is 0. The number of hydrogen-bond acceptors (Lipinski definition) is 2. The standard InChI is InChI=1S/C18H25N3/c1-3-19-18(15-9-5-4-6-10-15)14(2)21-13-20-16-11-7-8-12-17(16)21/h4-6,9-10,13-14,18-19H,3,7-8,11-12H2,1-2H3. The van der Waals surface area contributed by atoms with Gasteiger partial charge in [0.1, 0.15) is 0 Å². The Kier molecular flexibility index (Phi) is 4.39. The predicted octanol–water partition coefficient (Wildman–Crippen LogP) is 3.67. The first-order valence-electron chi connectivity index (χ1n) is 8.14. The summed E-state index contributed by atoms with van der Waals surface area (Å²) in [6.45, 7) is 5.45. The number of nitrogens with one attached hydrogen (secondary N) is 1. The van der Waals surface area contributed by atoms with Gasteiger partial charge in [-0.1, -0.05) is 37.3 Å². The average Bonchev–Trinajstić information content (AvgIpc) is 2.97. The molecule has 1 aromatic carbocycles. The molecule has 21 heavy (non-hydrogen) atoms. The Labute approximate surface area is 127 Å². The van der Waals surface area contributed by atoms with Crippen LogP contribution in [0.2, 0.25) is 0 Å². The predicted molar refractivity (Wildman–Crippen MR) is 86.4 cm³/mol. The lowest BCUT2D eigenvalue weighted by atomic mass is 9.97. The molecule has 1 N–H and O–H groups in total. The minimum Gasteiger partial charge on any atom is -0.330 e. The Hall–Kier alpha value is -1.61. The van der Waals surface area contributed by atoms with Gasteiger partial charge >= 0.3 is 0 Å². The molecule has 0 radical (unpaired) electrons. The van der Waals surface area contributed by atoms with Crippen LogP contribution in [0.3, 0.4) is 0 Å². The fraction of sp³-hybridized carbons (Fsp3) is 0.500. The quantitative estimate of drug-likeness (QED) is 0.907. The van der Waals surface area contributed by atoms with Crippen LogP contribution in [0.15, 0.2) is 36.7 Å². The number of imidazole rings is 1. The smallest absolute Gasteiger partial charge is 0.0954 e. The van der Waals surface area contributed by atoms with Crippen molar-refractivity contribution >= 4 is 0 Å². The molecule has 0 saturated heterocycles. The lowest BCUT2D eigenvalue weighted by Gasteiger charge is -2.28. The second-order valence-corrected chi connectivity index (χ2v) is 5.94. The molecule has 0 aliphatic heterocycles. The van der Waals surface area contributed by atoms with E-state index in [0.717, 1.165) is 13.0 Å². The Bertz CT molecular complexity index is 573. The molecule has 1 aromatic heterocycles. The number of nitrogens with zero attached hydrogens (tertiary/aromatic N) is 2. The zero-order chi connectivity index (χ0) is 14.7. The molecule has 3 nitrogen and oxygen atoms in total. The van der Waals surface area contributed by atoms with Gasteiger partial charge in [-0.15, -0.1) is 0 Å². The first-order valence-corrected chi connectivity index (χ1v) is 8.14. The van der Waals surface area contributed by atoms with Crippen LogP contribution in [0.5, 0.6) is 0 Å². The highest BCUT2D eigenvalue weighted by atomic mass is 15.1. The molecule has 0 spiro atoms. The van der Waals surface area contributed by atoms with Crippen LogP contribution >= 0.6 is 0 Å². The monoisotopic (exact) mass is 283 g/mol. The first kappa shape index (κ1) is 14.3. The fourth-order valence-corrected chi connectivity index (χ4v) is 3.45. The third-order valence-corrected chi connectivity index (χ3v) is 4.56. The molecule has 112 valence electrons. The van der Waals surface area contributed by atoms with E-state index in [1.54, 1.807) is 0 Å². The second-order valence-electron chi connectivity index (χ2n) is 5.94. The van der Waals surface area contributed by atoms with Gasteiger partial charge < -0.3 is 9.88 Å². The molecule has 3 rings (SSSR count). The van der Waals surface area contributed by atoms with Crippen molar-refractivity contribution in [2.75, 3.05) is 6.54 Å². The molecular weight excluding hydrogens is 258 g/mol. The topological polar surface area (TPSA) is 29.9 Å². The summed E-state index contributed by atoms with van der Waals surface area (Å²) in [4.78, 5) is 4.65. The van der Waals surface area contributed by atoms with Crippen LogP contribution in [0.4, 0.5) is 0 Å². The molecule has 2 atom stereocenters. The number of fused-ring (bicyclic) bond motifs is 1. The van der Waals surface area contributed by atoms with E-state index in [-0.39, 0.29) is 0 Å². The highest BCUT2D eigenvalue weighted by Gasteiger charge is 2.24. The highest BCUT2D eigenvalue weighted by molar-refractivity contribution is 5.23. The van der Waals surface area contributed by atoms with E-state index in [9.17, 15) is 0 Å². The van der Waals surface area contributed by atoms with E-state index in [4.69, 9.17) is 0 Å². The molecule has 3 heteroatoms. The number of rotatable bonds is 5. The molecule has 0 fully saturated rings. The summed E-state index contributed by atoms with van der Waals surface area (Å²) < 4.78 is 2.40. The van der Waals surface area contributed by atoms with E-state index in [1.165, 1.54) is 36.2 Å². The summed E-state index contributed by atoms with van der Waals surface area (Å²) in [5, 5.41) is 3.65. The number of aryl methyl sites for hydroxylation is 1. The molecular formula is C18H25N3. The van der Waals surface area contributed by atoms with Crippen molar-refractivity contribution in [1.29, 1.82) is 0 Å². The number of benzene rings is 1. The molecule has 1 aliphatic rings. The Morgan fingerprint density at radius 1 is 1.19 bits per heavy atom. The summed E-state index contributed by atoms with van der Waals surface area (Å²) in [6, 6.07) is 11.5. The maximum absolute atomic E-state index is 4.65. The van der Waals surface area contributed by atoms with Crippen molar-refractivity contribution in [3.8, 4) is 0 Å². The minimum absolute atomic E-state index is 0.330. The highest BCUT2D eigenvalue weighted by Crippen LogP contribution is 2.30. The van der Waals surface area contributed by atoms with Gasteiger partial charge in [0.2, 0.25) is 0 Å². The molecule has 1 aliphatic carbocycles. The maximum Gasteiger partial charge on any atom is 0.0954 e. The number of hydrogen-bond donors (Lipinski definition) is 1. The lowest BCUT2D eigenvalue weighted by molar-refractivity contribution is 0.375. The van der Waals surface area contributed by atoms with E-state index in [0.29, 0.717) is 12.1 Å². The molecule has 0 bridgehead atoms. The van der Waals surface area contributed by atoms with Gasteiger partial charge in [0.25, 0.3) is 0 Å². The zero-order valence-corrected chi connectivity index (χ0v) is 13.0. The van der Waals surface area contributed by atoms with Gasteiger partial charge in [-0.3, -0.25) is 0 Å². The van der Waals surface area contributed by atoms with Crippen LogP contribution in [0.1, 0.15) is 55.7 Å². The van der Waals surface area contributed by atoms with Crippen molar-refractivity contribution in [3.05, 3.63) is 53.6 Å². The third-order valence-electron chi connectivity index (χ3n) is 4.56. The molecule has 0 saturated carbocycles. The second kappa shape index (κ2) is 6.44. The van der Waals surface area contributed by atoms with Gasteiger partial charge in [0.15, 0.2) is 0 Å². The van der Waals surface area contributed by atoms with Crippen molar-refractivity contribution < 1.29 is 0 Å². The minimum atomic E-state index is 0.330. The van der Waals surface area contributed by atoms with Gasteiger partial charge in [-0.2, -0.15) is 0 Å². The van der Waals surface area contributed by atoms with Crippen molar-refractivity contribution in [3.63, 3.8) is 0 Å². The number of likely N-dealkylation sites (N-methyl/N-ethyl adjacent to an activating group) is 1. The summed E-state index contributed by atoms with van der Waals surface area (Å²) in [7, 11) is 0. The maximum atomic E-state index is 4.65. The van der Waals surface area contributed by atoms with E-state index < -0.39 is 0 Å². The van der Waals surface area contributed by atoms with Crippen molar-refractivity contribution in [2.45, 2.75) is 51.6 Å². The number of aromatic nitrogens is 2. The van der Waals surface area contributed by atoms with Crippen LogP contribution in [-0.2, 0) is 12.8 Å². The first-order chi connectivity index (χ1) is 10.3. The summed E-state index contributed by atoms with van der Waals surface area (Å²) in [5.74, 6) is 0. The van der Waals surface area contributed by atoms with E-state index >= 15 is 0 Å². The fourth-order valence-electron chi connectivity index (χ4n) is 3.45. The molecule has 1 heterocycles. The normalized spacial score (nSPS) is 17.2. The van der Waals surface area contributed by atoms with Crippen LogP contribution in [-0.4, -0.2) is 16.1 Å². The van der Waals surface area contributed by atoms with E-state index in [2.05, 4.69) is 59.0 Å².